The second-order valence-electron chi connectivity index (χ2n) is 3.73. The number of thiophene rings is 1. The van der Waals surface area contributed by atoms with Crippen LogP contribution in [0.1, 0.15) is 28.6 Å². The van der Waals surface area contributed by atoms with Crippen molar-refractivity contribution in [3.63, 3.8) is 0 Å². The molecule has 0 saturated heterocycles. The summed E-state index contributed by atoms with van der Waals surface area (Å²) in [5.74, 6) is 5.60. The number of aliphatic hydroxyl groups excluding tert-OH is 1. The Labute approximate surface area is 111 Å². The largest absolute Gasteiger partial charge is 0.395 e. The first kappa shape index (κ1) is 14.7. The van der Waals surface area contributed by atoms with Gasteiger partial charge in [0.25, 0.3) is 5.91 Å². The number of aliphatic hydroxyl groups is 1. The van der Waals surface area contributed by atoms with Crippen molar-refractivity contribution in [2.75, 3.05) is 20.3 Å². The highest BCUT2D eigenvalue weighted by atomic mass is 32.1. The van der Waals surface area contributed by atoms with Crippen molar-refractivity contribution in [1.29, 1.82) is 0 Å². The Morgan fingerprint density at radius 2 is 2.44 bits per heavy atom. The molecule has 1 atom stereocenters. The fraction of sp³-hybridized carbons (Fsp3) is 0.462. The van der Waals surface area contributed by atoms with Crippen LogP contribution in [0, 0.1) is 11.8 Å². The third-order valence-corrected chi connectivity index (χ3v) is 3.11. The summed E-state index contributed by atoms with van der Waals surface area (Å²) in [6.07, 6.45) is 0.446. The predicted molar refractivity (Wildman–Crippen MR) is 71.7 cm³/mol. The summed E-state index contributed by atoms with van der Waals surface area (Å²) in [6.45, 7) is 2.43. The second-order valence-corrected chi connectivity index (χ2v) is 4.64. The quantitative estimate of drug-likeness (QED) is 0.789. The van der Waals surface area contributed by atoms with E-state index in [2.05, 4.69) is 17.2 Å². The maximum Gasteiger partial charge on any atom is 0.252 e. The molecular weight excluding hydrogens is 250 g/mol. The first-order valence-electron chi connectivity index (χ1n) is 5.66. The van der Waals surface area contributed by atoms with E-state index in [-0.39, 0.29) is 18.6 Å². The fourth-order valence-corrected chi connectivity index (χ4v) is 1.90. The predicted octanol–water partition coefficient (Wildman–Crippen LogP) is 1.25. The Kier molecular flexibility index (Phi) is 6.44. The Morgan fingerprint density at radius 1 is 1.67 bits per heavy atom. The molecule has 1 amide bonds. The van der Waals surface area contributed by atoms with Gasteiger partial charge in [0.1, 0.15) is 0 Å². The molecule has 2 N–H and O–H groups in total. The van der Waals surface area contributed by atoms with Gasteiger partial charge in [0.2, 0.25) is 0 Å². The molecule has 0 saturated carbocycles. The van der Waals surface area contributed by atoms with Crippen molar-refractivity contribution in [3.05, 3.63) is 21.9 Å². The van der Waals surface area contributed by atoms with Crippen molar-refractivity contribution in [2.24, 2.45) is 0 Å². The van der Waals surface area contributed by atoms with E-state index in [1.54, 1.807) is 18.6 Å². The molecule has 98 valence electrons. The van der Waals surface area contributed by atoms with Gasteiger partial charge in [-0.25, -0.2) is 0 Å². The van der Waals surface area contributed by atoms with Crippen LogP contribution in [0.2, 0.25) is 0 Å². The molecule has 5 heteroatoms. The van der Waals surface area contributed by atoms with Gasteiger partial charge in [-0.1, -0.05) is 11.8 Å². The lowest BCUT2D eigenvalue weighted by Gasteiger charge is -2.09. The monoisotopic (exact) mass is 267 g/mol. The van der Waals surface area contributed by atoms with Crippen molar-refractivity contribution in [1.82, 2.24) is 5.32 Å². The minimum atomic E-state index is -0.120. The Bertz CT molecular complexity index is 445. The van der Waals surface area contributed by atoms with Crippen molar-refractivity contribution in [2.45, 2.75) is 19.4 Å². The first-order valence-corrected chi connectivity index (χ1v) is 6.54. The molecule has 0 aliphatic heterocycles. The zero-order chi connectivity index (χ0) is 13.4. The van der Waals surface area contributed by atoms with Gasteiger partial charge in [-0.2, -0.15) is 0 Å². The van der Waals surface area contributed by atoms with Crippen molar-refractivity contribution >= 4 is 17.2 Å². The third-order valence-electron chi connectivity index (χ3n) is 2.26. The van der Waals surface area contributed by atoms with Gasteiger partial charge in [-0.05, 0) is 13.0 Å². The van der Waals surface area contributed by atoms with E-state index in [1.165, 1.54) is 11.3 Å². The van der Waals surface area contributed by atoms with E-state index in [0.29, 0.717) is 18.5 Å². The molecule has 0 bridgehead atoms. The van der Waals surface area contributed by atoms with Gasteiger partial charge in [0, 0.05) is 25.5 Å². The number of hydrogen-bond acceptors (Lipinski definition) is 4. The van der Waals surface area contributed by atoms with Crippen LogP contribution in [0.25, 0.3) is 0 Å². The standard InChI is InChI=1S/C13H17NO3S/c1-10(17-2)8-14-13(16)11-7-12(18-9-11)5-3-4-6-15/h7,9-10,15H,4,6,8H2,1-2H3,(H,14,16). The average molecular weight is 267 g/mol. The highest BCUT2D eigenvalue weighted by molar-refractivity contribution is 7.10. The van der Waals surface area contributed by atoms with Crippen molar-refractivity contribution < 1.29 is 14.6 Å². The van der Waals surface area contributed by atoms with Gasteiger partial charge in [0.05, 0.1) is 23.2 Å². The van der Waals surface area contributed by atoms with E-state index >= 15 is 0 Å². The smallest absolute Gasteiger partial charge is 0.252 e. The zero-order valence-corrected chi connectivity index (χ0v) is 11.3. The third kappa shape index (κ3) is 4.88. The average Bonchev–Trinajstić information content (AvgIpc) is 2.84. The Hall–Kier alpha value is -1.35. The van der Waals surface area contributed by atoms with E-state index < -0.39 is 0 Å². The molecule has 0 fully saturated rings. The number of methoxy groups -OCH3 is 1. The Morgan fingerprint density at radius 3 is 3.11 bits per heavy atom. The summed E-state index contributed by atoms with van der Waals surface area (Å²) in [6, 6.07) is 1.75. The summed E-state index contributed by atoms with van der Waals surface area (Å²) in [5.41, 5.74) is 0.608. The molecule has 0 radical (unpaired) electrons. The Balaban J connectivity index is 2.52. The molecule has 1 aromatic heterocycles. The molecule has 1 aromatic rings. The summed E-state index contributed by atoms with van der Waals surface area (Å²) in [5, 5.41) is 13.2. The SMILES string of the molecule is COC(C)CNC(=O)c1csc(C#CCCO)c1. The minimum absolute atomic E-state index is 0.00333. The number of carbonyl (C=O) groups is 1. The summed E-state index contributed by atoms with van der Waals surface area (Å²) < 4.78 is 5.05. The van der Waals surface area contributed by atoms with E-state index in [9.17, 15) is 4.79 Å². The van der Waals surface area contributed by atoms with E-state index in [0.717, 1.165) is 4.88 Å². The van der Waals surface area contributed by atoms with Crippen LogP contribution in [-0.4, -0.2) is 37.4 Å². The molecule has 0 spiro atoms. The summed E-state index contributed by atoms with van der Waals surface area (Å²) in [7, 11) is 1.61. The van der Waals surface area contributed by atoms with Crippen LogP contribution in [0.4, 0.5) is 0 Å². The van der Waals surface area contributed by atoms with Gasteiger partial charge in [-0.3, -0.25) is 4.79 Å². The van der Waals surface area contributed by atoms with Crippen LogP contribution in [-0.2, 0) is 4.74 Å². The molecule has 0 aliphatic carbocycles. The zero-order valence-electron chi connectivity index (χ0n) is 10.5. The number of nitrogens with one attached hydrogen (secondary N) is 1. The lowest BCUT2D eigenvalue weighted by Crippen LogP contribution is -2.31. The molecular formula is C13H17NO3S. The van der Waals surface area contributed by atoms with E-state index in [4.69, 9.17) is 9.84 Å². The lowest BCUT2D eigenvalue weighted by atomic mass is 10.2. The van der Waals surface area contributed by atoms with Crippen LogP contribution in [0.15, 0.2) is 11.4 Å². The molecule has 1 unspecified atom stereocenters. The first-order chi connectivity index (χ1) is 8.67. The number of amides is 1. The van der Waals surface area contributed by atoms with Crippen LogP contribution < -0.4 is 5.32 Å². The highest BCUT2D eigenvalue weighted by Gasteiger charge is 2.09. The molecule has 18 heavy (non-hydrogen) atoms. The van der Waals surface area contributed by atoms with Crippen LogP contribution >= 0.6 is 11.3 Å². The maximum absolute atomic E-state index is 11.8. The van der Waals surface area contributed by atoms with Gasteiger partial charge >= 0.3 is 0 Å². The van der Waals surface area contributed by atoms with Gasteiger partial charge < -0.3 is 15.2 Å². The highest BCUT2D eigenvalue weighted by Crippen LogP contribution is 2.13. The normalized spacial score (nSPS) is 11.5. The van der Waals surface area contributed by atoms with Crippen LogP contribution in [0.3, 0.4) is 0 Å². The molecule has 1 heterocycles. The topological polar surface area (TPSA) is 58.6 Å². The molecule has 1 rings (SSSR count). The van der Waals surface area contributed by atoms with Crippen LogP contribution in [0.5, 0.6) is 0 Å². The van der Waals surface area contributed by atoms with Gasteiger partial charge in [-0.15, -0.1) is 11.3 Å². The second kappa shape index (κ2) is 7.88. The van der Waals surface area contributed by atoms with E-state index in [1.807, 2.05) is 6.92 Å². The maximum atomic E-state index is 11.8. The number of ether oxygens (including phenoxy) is 1. The number of rotatable bonds is 5. The summed E-state index contributed by atoms with van der Waals surface area (Å²) >= 11 is 1.42. The molecule has 0 aromatic carbocycles. The molecule has 0 aliphatic rings. The number of carbonyl (C=O) groups excluding carboxylic acids is 1. The van der Waals surface area contributed by atoms with Gasteiger partial charge in [0.15, 0.2) is 0 Å². The van der Waals surface area contributed by atoms with Crippen molar-refractivity contribution in [3.8, 4) is 11.8 Å². The summed E-state index contributed by atoms with van der Waals surface area (Å²) in [4.78, 5) is 12.6. The lowest BCUT2D eigenvalue weighted by molar-refractivity contribution is 0.0871. The molecule has 4 nitrogen and oxygen atoms in total. The minimum Gasteiger partial charge on any atom is -0.395 e. The fourth-order valence-electron chi connectivity index (χ4n) is 1.15. The number of hydrogen-bond donors (Lipinski definition) is 2.